The van der Waals surface area contributed by atoms with Crippen molar-refractivity contribution >= 4 is 27.3 Å². The van der Waals surface area contributed by atoms with Crippen LogP contribution in [0.1, 0.15) is 6.92 Å². The lowest BCUT2D eigenvalue weighted by atomic mass is 10.2. The van der Waals surface area contributed by atoms with E-state index < -0.39 is 32.7 Å². The predicted molar refractivity (Wildman–Crippen MR) is 95.2 cm³/mol. The zero-order chi connectivity index (χ0) is 19.8. The van der Waals surface area contributed by atoms with E-state index in [0.717, 1.165) is 28.6 Å². The number of sulfonamides is 1. The van der Waals surface area contributed by atoms with E-state index in [-0.39, 0.29) is 23.7 Å². The number of benzene rings is 2. The first-order valence-electron chi connectivity index (χ1n) is 8.05. The molecular formula is C17H16FN3O5S. The fourth-order valence-corrected chi connectivity index (χ4v) is 4.51. The van der Waals surface area contributed by atoms with E-state index >= 15 is 0 Å². The van der Waals surface area contributed by atoms with Gasteiger partial charge in [0.25, 0.3) is 5.69 Å². The van der Waals surface area contributed by atoms with E-state index in [9.17, 15) is 27.7 Å². The summed E-state index contributed by atoms with van der Waals surface area (Å²) in [4.78, 5) is 24.2. The van der Waals surface area contributed by atoms with E-state index in [2.05, 4.69) is 0 Å². The number of nitrogens with zero attached hydrogens (tertiary/aromatic N) is 3. The molecule has 27 heavy (non-hydrogen) atoms. The molecule has 0 spiro atoms. The summed E-state index contributed by atoms with van der Waals surface area (Å²) in [5.41, 5.74) is 0.355. The zero-order valence-electron chi connectivity index (χ0n) is 14.3. The Balaban J connectivity index is 1.83. The van der Waals surface area contributed by atoms with Gasteiger partial charge in [0.2, 0.25) is 15.9 Å². The van der Waals surface area contributed by atoms with Crippen molar-refractivity contribution < 1.29 is 22.5 Å². The van der Waals surface area contributed by atoms with Crippen molar-refractivity contribution in [3.8, 4) is 0 Å². The van der Waals surface area contributed by atoms with Crippen LogP contribution in [0.5, 0.6) is 0 Å². The Hall–Kier alpha value is -2.85. The maximum Gasteiger partial charge on any atom is 0.269 e. The van der Waals surface area contributed by atoms with Crippen LogP contribution in [-0.4, -0.2) is 42.7 Å². The number of non-ortho nitro benzene ring substituents is 1. The van der Waals surface area contributed by atoms with Gasteiger partial charge in [0.1, 0.15) is 11.9 Å². The van der Waals surface area contributed by atoms with Gasteiger partial charge in [-0.3, -0.25) is 14.9 Å². The van der Waals surface area contributed by atoms with Crippen LogP contribution in [0.25, 0.3) is 0 Å². The summed E-state index contributed by atoms with van der Waals surface area (Å²) in [7, 11) is -3.95. The Morgan fingerprint density at radius 3 is 2.22 bits per heavy atom. The van der Waals surface area contributed by atoms with E-state index in [1.165, 1.54) is 36.1 Å². The minimum absolute atomic E-state index is 0.0452. The quantitative estimate of drug-likeness (QED) is 0.585. The van der Waals surface area contributed by atoms with Crippen molar-refractivity contribution in [3.05, 3.63) is 64.5 Å². The fourth-order valence-electron chi connectivity index (χ4n) is 2.93. The average molecular weight is 393 g/mol. The fraction of sp³-hybridized carbons (Fsp3) is 0.235. The largest absolute Gasteiger partial charge is 0.310 e. The molecule has 0 N–H and O–H groups in total. The third-order valence-electron chi connectivity index (χ3n) is 4.39. The molecule has 1 saturated heterocycles. The number of hydrogen-bond acceptors (Lipinski definition) is 5. The highest BCUT2D eigenvalue weighted by atomic mass is 32.2. The maximum atomic E-state index is 13.1. The standard InChI is InChI=1S/C17H16FN3O5S/c1-12-17(22)19(14-4-6-15(7-5-14)21(23)24)10-11-20(12)27(25,26)16-8-2-13(18)3-9-16/h2-9,12H,10-11H2,1H3/t12-/m1/s1. The molecule has 0 radical (unpaired) electrons. The van der Waals surface area contributed by atoms with Crippen LogP contribution < -0.4 is 4.90 Å². The molecule has 1 atom stereocenters. The summed E-state index contributed by atoms with van der Waals surface area (Å²) in [6.07, 6.45) is 0. The van der Waals surface area contributed by atoms with Gasteiger partial charge >= 0.3 is 0 Å². The summed E-state index contributed by atoms with van der Waals surface area (Å²) < 4.78 is 39.7. The zero-order valence-corrected chi connectivity index (χ0v) is 15.1. The highest BCUT2D eigenvalue weighted by molar-refractivity contribution is 7.89. The Labute approximate surface area is 155 Å². The molecule has 0 bridgehead atoms. The van der Waals surface area contributed by atoms with Crippen LogP contribution in [0, 0.1) is 15.9 Å². The molecule has 1 aliphatic heterocycles. The SMILES string of the molecule is C[C@@H]1C(=O)N(c2ccc([N+](=O)[O-])cc2)CCN1S(=O)(=O)c1ccc(F)cc1. The third kappa shape index (κ3) is 3.53. The van der Waals surface area contributed by atoms with Crippen LogP contribution in [-0.2, 0) is 14.8 Å². The second kappa shape index (κ2) is 7.05. The van der Waals surface area contributed by atoms with Crippen molar-refractivity contribution in [1.82, 2.24) is 4.31 Å². The normalized spacial score (nSPS) is 18.5. The molecule has 1 fully saturated rings. The number of amides is 1. The number of carbonyl (C=O) groups is 1. The van der Waals surface area contributed by atoms with Crippen molar-refractivity contribution in [2.45, 2.75) is 17.9 Å². The van der Waals surface area contributed by atoms with Gasteiger partial charge in [0.05, 0.1) is 9.82 Å². The summed E-state index contributed by atoms with van der Waals surface area (Å²) in [5, 5.41) is 10.7. The lowest BCUT2D eigenvalue weighted by Gasteiger charge is -2.38. The van der Waals surface area contributed by atoms with Crippen molar-refractivity contribution in [3.63, 3.8) is 0 Å². The predicted octanol–water partition coefficient (Wildman–Crippen LogP) is 2.16. The second-order valence-corrected chi connectivity index (χ2v) is 7.90. The molecule has 142 valence electrons. The first kappa shape index (κ1) is 18.9. The number of rotatable bonds is 4. The van der Waals surface area contributed by atoms with Crippen LogP contribution in [0.4, 0.5) is 15.8 Å². The van der Waals surface area contributed by atoms with Crippen LogP contribution in [0.2, 0.25) is 0 Å². The van der Waals surface area contributed by atoms with Gasteiger partial charge in [-0.25, -0.2) is 12.8 Å². The summed E-state index contributed by atoms with van der Waals surface area (Å²) in [6.45, 7) is 1.62. The maximum absolute atomic E-state index is 13.1. The van der Waals surface area contributed by atoms with Gasteiger partial charge in [-0.2, -0.15) is 4.31 Å². The Morgan fingerprint density at radius 1 is 1.07 bits per heavy atom. The van der Waals surface area contributed by atoms with Crippen LogP contribution >= 0.6 is 0 Å². The second-order valence-electron chi connectivity index (χ2n) is 6.01. The molecule has 0 unspecified atom stereocenters. The number of piperazine rings is 1. The van der Waals surface area contributed by atoms with Crippen LogP contribution in [0.15, 0.2) is 53.4 Å². The minimum Gasteiger partial charge on any atom is -0.310 e. The topological polar surface area (TPSA) is 101 Å². The minimum atomic E-state index is -3.95. The van der Waals surface area contributed by atoms with Gasteiger partial charge in [-0.1, -0.05) is 0 Å². The van der Waals surface area contributed by atoms with Crippen molar-refractivity contribution in [2.75, 3.05) is 18.0 Å². The molecule has 0 aliphatic carbocycles. The van der Waals surface area contributed by atoms with E-state index in [4.69, 9.17) is 0 Å². The average Bonchev–Trinajstić information content (AvgIpc) is 2.64. The van der Waals surface area contributed by atoms with Crippen LogP contribution in [0.3, 0.4) is 0 Å². The molecule has 0 aromatic heterocycles. The molecule has 8 nitrogen and oxygen atoms in total. The lowest BCUT2D eigenvalue weighted by Crippen LogP contribution is -2.57. The van der Waals surface area contributed by atoms with E-state index in [1.807, 2.05) is 0 Å². The van der Waals surface area contributed by atoms with Gasteiger partial charge in [-0.05, 0) is 43.3 Å². The van der Waals surface area contributed by atoms with E-state index in [0.29, 0.717) is 5.69 Å². The summed E-state index contributed by atoms with van der Waals surface area (Å²) >= 11 is 0. The van der Waals surface area contributed by atoms with Gasteiger partial charge in [-0.15, -0.1) is 0 Å². The Morgan fingerprint density at radius 2 is 1.67 bits per heavy atom. The number of nitro benzene ring substituents is 1. The smallest absolute Gasteiger partial charge is 0.269 e. The highest BCUT2D eigenvalue weighted by Crippen LogP contribution is 2.26. The highest BCUT2D eigenvalue weighted by Gasteiger charge is 2.39. The first-order chi connectivity index (χ1) is 12.7. The number of carbonyl (C=O) groups excluding carboxylic acids is 1. The van der Waals surface area contributed by atoms with Gasteiger partial charge in [0, 0.05) is 30.9 Å². The number of halogens is 1. The first-order valence-corrected chi connectivity index (χ1v) is 9.49. The molecule has 0 saturated carbocycles. The molecule has 1 amide bonds. The summed E-state index contributed by atoms with van der Waals surface area (Å²) in [5.74, 6) is -0.998. The third-order valence-corrected chi connectivity index (χ3v) is 6.38. The molecule has 1 aliphatic rings. The molecule has 10 heteroatoms. The Kier molecular flexibility index (Phi) is 4.94. The monoisotopic (exact) mass is 393 g/mol. The van der Waals surface area contributed by atoms with Gasteiger partial charge in [0.15, 0.2) is 0 Å². The van der Waals surface area contributed by atoms with Crippen molar-refractivity contribution in [1.29, 1.82) is 0 Å². The number of hydrogen-bond donors (Lipinski definition) is 0. The molecule has 3 rings (SSSR count). The van der Waals surface area contributed by atoms with E-state index in [1.54, 1.807) is 0 Å². The molecule has 1 heterocycles. The summed E-state index contributed by atoms with van der Waals surface area (Å²) in [6, 6.07) is 8.92. The molecule has 2 aromatic carbocycles. The molecular weight excluding hydrogens is 377 g/mol. The van der Waals surface area contributed by atoms with Crippen molar-refractivity contribution in [2.24, 2.45) is 0 Å². The van der Waals surface area contributed by atoms with Gasteiger partial charge < -0.3 is 4.90 Å². The number of nitro groups is 1. The number of anilines is 1. The Bertz CT molecular complexity index is 977. The molecule has 2 aromatic rings. The lowest BCUT2D eigenvalue weighted by molar-refractivity contribution is -0.384.